The van der Waals surface area contributed by atoms with E-state index in [9.17, 15) is 0 Å². The van der Waals surface area contributed by atoms with Crippen molar-refractivity contribution in [1.29, 1.82) is 0 Å². The molecule has 140 valence electrons. The monoisotopic (exact) mass is 374 g/mol. The number of anilines is 4. The highest BCUT2D eigenvalue weighted by Gasteiger charge is 2.09. The third-order valence-electron chi connectivity index (χ3n) is 4.11. The fourth-order valence-corrected chi connectivity index (χ4v) is 2.78. The number of aromatic nitrogens is 4. The standard InChI is InChI=1S/C20H18N6O2/c1-27-14-8-9-15(17(11-14)28-2)23-18-12-22-26-20(25-18)24-16-7-3-5-13-6-4-10-21-19(13)16/h3-12H,1-2H3,(H2,23,24,25,26). The molecule has 0 radical (unpaired) electrons. The number of benzene rings is 2. The number of ether oxygens (including phenoxy) is 2. The van der Waals surface area contributed by atoms with Crippen LogP contribution in [0.3, 0.4) is 0 Å². The molecule has 0 bridgehead atoms. The Morgan fingerprint density at radius 3 is 2.64 bits per heavy atom. The maximum absolute atomic E-state index is 5.40. The third-order valence-corrected chi connectivity index (χ3v) is 4.11. The van der Waals surface area contributed by atoms with Gasteiger partial charge in [0, 0.05) is 17.6 Å². The summed E-state index contributed by atoms with van der Waals surface area (Å²) in [5.74, 6) is 2.21. The first kappa shape index (κ1) is 17.5. The SMILES string of the molecule is COc1ccc(Nc2cnnc(Nc3cccc4cccnc34)n2)c(OC)c1. The molecular weight excluding hydrogens is 356 g/mol. The molecule has 4 rings (SSSR count). The molecule has 0 atom stereocenters. The predicted octanol–water partition coefficient (Wildman–Crippen LogP) is 3.92. The minimum Gasteiger partial charge on any atom is -0.497 e. The number of fused-ring (bicyclic) bond motifs is 1. The molecule has 0 saturated carbocycles. The minimum atomic E-state index is 0.357. The van der Waals surface area contributed by atoms with E-state index in [1.54, 1.807) is 26.5 Å². The fourth-order valence-electron chi connectivity index (χ4n) is 2.78. The van der Waals surface area contributed by atoms with Gasteiger partial charge in [-0.25, -0.2) is 0 Å². The van der Waals surface area contributed by atoms with Crippen LogP contribution in [0.4, 0.5) is 23.1 Å². The lowest BCUT2D eigenvalue weighted by molar-refractivity contribution is 0.395. The van der Waals surface area contributed by atoms with Crippen molar-refractivity contribution in [2.75, 3.05) is 24.9 Å². The van der Waals surface area contributed by atoms with E-state index in [0.29, 0.717) is 23.3 Å². The highest BCUT2D eigenvalue weighted by Crippen LogP contribution is 2.31. The zero-order chi connectivity index (χ0) is 19.3. The van der Waals surface area contributed by atoms with Gasteiger partial charge in [0.05, 0.1) is 37.3 Å². The van der Waals surface area contributed by atoms with Crippen LogP contribution in [0, 0.1) is 0 Å². The molecule has 8 heteroatoms. The highest BCUT2D eigenvalue weighted by atomic mass is 16.5. The molecule has 0 spiro atoms. The van der Waals surface area contributed by atoms with E-state index < -0.39 is 0 Å². The summed E-state index contributed by atoms with van der Waals surface area (Å²) in [7, 11) is 3.20. The molecule has 2 heterocycles. The number of rotatable bonds is 6. The van der Waals surface area contributed by atoms with Gasteiger partial charge in [-0.15, -0.1) is 5.10 Å². The van der Waals surface area contributed by atoms with Gasteiger partial charge in [-0.2, -0.15) is 10.1 Å². The number of nitrogens with zero attached hydrogens (tertiary/aromatic N) is 4. The van der Waals surface area contributed by atoms with E-state index in [1.807, 2.05) is 42.5 Å². The Bertz CT molecular complexity index is 1110. The topological polar surface area (TPSA) is 94.1 Å². The fraction of sp³-hybridized carbons (Fsp3) is 0.100. The van der Waals surface area contributed by atoms with Crippen LogP contribution in [-0.4, -0.2) is 34.4 Å². The number of methoxy groups -OCH3 is 2. The Balaban J connectivity index is 1.60. The van der Waals surface area contributed by atoms with E-state index in [0.717, 1.165) is 22.3 Å². The first-order valence-electron chi connectivity index (χ1n) is 8.56. The van der Waals surface area contributed by atoms with E-state index >= 15 is 0 Å². The molecule has 8 nitrogen and oxygen atoms in total. The molecule has 0 aliphatic heterocycles. The third kappa shape index (κ3) is 3.61. The van der Waals surface area contributed by atoms with Crippen LogP contribution in [0.15, 0.2) is 60.9 Å². The van der Waals surface area contributed by atoms with Gasteiger partial charge in [0.25, 0.3) is 0 Å². The Hall–Kier alpha value is -3.94. The summed E-state index contributed by atoms with van der Waals surface area (Å²) >= 11 is 0. The van der Waals surface area contributed by atoms with Crippen LogP contribution < -0.4 is 20.1 Å². The van der Waals surface area contributed by atoms with Crippen molar-refractivity contribution < 1.29 is 9.47 Å². The van der Waals surface area contributed by atoms with Crippen LogP contribution in [0.5, 0.6) is 11.5 Å². The molecular formula is C20H18N6O2. The molecule has 0 aliphatic carbocycles. The number of hydrogen-bond acceptors (Lipinski definition) is 8. The molecule has 0 fully saturated rings. The molecule has 2 aromatic heterocycles. The second-order valence-electron chi connectivity index (χ2n) is 5.86. The van der Waals surface area contributed by atoms with Gasteiger partial charge in [0.2, 0.25) is 5.95 Å². The number of hydrogen-bond donors (Lipinski definition) is 2. The van der Waals surface area contributed by atoms with Crippen LogP contribution in [0.1, 0.15) is 0 Å². The molecule has 0 saturated heterocycles. The van der Waals surface area contributed by atoms with Gasteiger partial charge >= 0.3 is 0 Å². The lowest BCUT2D eigenvalue weighted by atomic mass is 10.2. The predicted molar refractivity (Wildman–Crippen MR) is 108 cm³/mol. The van der Waals surface area contributed by atoms with Crippen LogP contribution in [0.25, 0.3) is 10.9 Å². The quantitative estimate of drug-likeness (QED) is 0.524. The van der Waals surface area contributed by atoms with Crippen molar-refractivity contribution >= 4 is 34.0 Å². The Labute approximate surface area is 161 Å². The van der Waals surface area contributed by atoms with Crippen molar-refractivity contribution in [1.82, 2.24) is 20.2 Å². The van der Waals surface area contributed by atoms with Gasteiger partial charge < -0.3 is 20.1 Å². The summed E-state index contributed by atoms with van der Waals surface area (Å²) in [5.41, 5.74) is 2.38. The minimum absolute atomic E-state index is 0.357. The van der Waals surface area contributed by atoms with Crippen molar-refractivity contribution in [2.45, 2.75) is 0 Å². The van der Waals surface area contributed by atoms with E-state index in [2.05, 4.69) is 30.8 Å². The van der Waals surface area contributed by atoms with Crippen molar-refractivity contribution in [2.24, 2.45) is 0 Å². The van der Waals surface area contributed by atoms with Crippen molar-refractivity contribution in [3.8, 4) is 11.5 Å². The molecule has 0 unspecified atom stereocenters. The van der Waals surface area contributed by atoms with Crippen molar-refractivity contribution in [3.05, 3.63) is 60.9 Å². The van der Waals surface area contributed by atoms with Gasteiger partial charge in [-0.3, -0.25) is 4.98 Å². The van der Waals surface area contributed by atoms with Crippen LogP contribution in [-0.2, 0) is 0 Å². The first-order valence-corrected chi connectivity index (χ1v) is 8.56. The summed E-state index contributed by atoms with van der Waals surface area (Å²) in [6.07, 6.45) is 3.29. The average molecular weight is 374 g/mol. The van der Waals surface area contributed by atoms with Crippen LogP contribution >= 0.6 is 0 Å². The zero-order valence-electron chi connectivity index (χ0n) is 15.4. The lowest BCUT2D eigenvalue weighted by Gasteiger charge is -2.12. The Morgan fingerprint density at radius 2 is 1.79 bits per heavy atom. The molecule has 0 aliphatic rings. The summed E-state index contributed by atoms with van der Waals surface area (Å²) < 4.78 is 10.6. The Morgan fingerprint density at radius 1 is 0.893 bits per heavy atom. The normalized spacial score (nSPS) is 10.5. The summed E-state index contributed by atoms with van der Waals surface area (Å²) in [4.78, 5) is 8.90. The zero-order valence-corrected chi connectivity index (χ0v) is 15.4. The smallest absolute Gasteiger partial charge is 0.249 e. The second-order valence-corrected chi connectivity index (χ2v) is 5.86. The number of pyridine rings is 1. The maximum atomic E-state index is 5.40. The molecule has 2 N–H and O–H groups in total. The van der Waals surface area contributed by atoms with Gasteiger partial charge in [0.15, 0.2) is 5.82 Å². The van der Waals surface area contributed by atoms with E-state index in [1.165, 1.54) is 6.20 Å². The van der Waals surface area contributed by atoms with E-state index in [4.69, 9.17) is 9.47 Å². The molecule has 4 aromatic rings. The lowest BCUT2D eigenvalue weighted by Crippen LogP contribution is -2.03. The summed E-state index contributed by atoms with van der Waals surface area (Å²) in [6, 6.07) is 15.2. The van der Waals surface area contributed by atoms with E-state index in [-0.39, 0.29) is 0 Å². The Kier molecular flexibility index (Phi) is 4.83. The van der Waals surface area contributed by atoms with Gasteiger partial charge in [-0.05, 0) is 24.3 Å². The second kappa shape index (κ2) is 7.75. The summed E-state index contributed by atoms with van der Waals surface area (Å²) in [5, 5.41) is 15.5. The van der Waals surface area contributed by atoms with Gasteiger partial charge in [-0.1, -0.05) is 18.2 Å². The highest BCUT2D eigenvalue weighted by molar-refractivity contribution is 5.91. The first-order chi connectivity index (χ1) is 13.8. The van der Waals surface area contributed by atoms with Crippen LogP contribution in [0.2, 0.25) is 0 Å². The molecule has 0 amide bonds. The maximum Gasteiger partial charge on any atom is 0.249 e. The summed E-state index contributed by atoms with van der Waals surface area (Å²) in [6.45, 7) is 0. The largest absolute Gasteiger partial charge is 0.497 e. The molecule has 2 aromatic carbocycles. The van der Waals surface area contributed by atoms with Gasteiger partial charge in [0.1, 0.15) is 11.5 Å². The average Bonchev–Trinajstić information content (AvgIpc) is 2.74. The molecule has 28 heavy (non-hydrogen) atoms. The van der Waals surface area contributed by atoms with Crippen molar-refractivity contribution in [3.63, 3.8) is 0 Å². The number of para-hydroxylation sites is 1. The number of nitrogens with one attached hydrogen (secondary N) is 2.